The van der Waals surface area contributed by atoms with Crippen molar-refractivity contribution in [1.82, 2.24) is 9.80 Å². The minimum absolute atomic E-state index is 0.0385. The smallest absolute Gasteiger partial charge is 0.289 e. The second-order valence-electron chi connectivity index (χ2n) is 8.94. The molecule has 1 N–H and O–H groups in total. The first kappa shape index (κ1) is 23.9. The van der Waals surface area contributed by atoms with Crippen molar-refractivity contribution in [2.45, 2.75) is 39.5 Å². The number of rotatable bonds is 7. The Morgan fingerprint density at radius 1 is 1.03 bits per heavy atom. The summed E-state index contributed by atoms with van der Waals surface area (Å²) in [5.41, 5.74) is 2.07. The molecule has 2 aliphatic rings. The minimum Gasteiger partial charge on any atom is -0.459 e. The van der Waals surface area contributed by atoms with Gasteiger partial charge in [0, 0.05) is 56.6 Å². The number of nitrogens with zero attached hydrogens (tertiary/aromatic N) is 3. The van der Waals surface area contributed by atoms with Gasteiger partial charge in [-0.25, -0.2) is 0 Å². The quantitative estimate of drug-likeness (QED) is 0.670. The van der Waals surface area contributed by atoms with Crippen molar-refractivity contribution in [2.75, 3.05) is 49.5 Å². The predicted octanol–water partition coefficient (Wildman–Crippen LogP) is 3.85. The van der Waals surface area contributed by atoms with Crippen molar-refractivity contribution in [3.8, 4) is 0 Å². The van der Waals surface area contributed by atoms with Crippen molar-refractivity contribution in [3.63, 3.8) is 0 Å². The fraction of sp³-hybridized carbons (Fsp3) is 0.500. The number of carbonyl (C=O) groups excluding carboxylic acids is 3. The summed E-state index contributed by atoms with van der Waals surface area (Å²) in [5, 5.41) is 3.03. The van der Waals surface area contributed by atoms with Gasteiger partial charge in [0.1, 0.15) is 0 Å². The fourth-order valence-corrected chi connectivity index (χ4v) is 4.88. The van der Waals surface area contributed by atoms with Crippen LogP contribution in [-0.2, 0) is 4.79 Å². The van der Waals surface area contributed by atoms with E-state index in [2.05, 4.69) is 10.2 Å². The molecule has 1 aromatic heterocycles. The molecule has 2 heterocycles. The van der Waals surface area contributed by atoms with Gasteiger partial charge < -0.3 is 24.4 Å². The molecular weight excluding hydrogens is 432 g/mol. The highest BCUT2D eigenvalue weighted by molar-refractivity contribution is 6.02. The summed E-state index contributed by atoms with van der Waals surface area (Å²) in [4.78, 5) is 44.4. The topological polar surface area (TPSA) is 86.1 Å². The second kappa shape index (κ2) is 10.8. The number of carbonyl (C=O) groups is 3. The number of furan rings is 1. The summed E-state index contributed by atoms with van der Waals surface area (Å²) in [6.45, 7) is 7.45. The van der Waals surface area contributed by atoms with Gasteiger partial charge in [0.25, 0.3) is 11.8 Å². The van der Waals surface area contributed by atoms with E-state index in [1.54, 1.807) is 21.9 Å². The largest absolute Gasteiger partial charge is 0.459 e. The SMILES string of the molecule is CCN(CC)C(=O)c1cc(NC(=O)C2CCCC2)ccc1N1CCN(C(=O)c2ccco2)CC1. The van der Waals surface area contributed by atoms with E-state index in [0.29, 0.717) is 56.3 Å². The highest BCUT2D eigenvalue weighted by atomic mass is 16.3. The molecule has 3 amide bonds. The zero-order valence-electron chi connectivity index (χ0n) is 20.1. The molecule has 8 nitrogen and oxygen atoms in total. The molecule has 8 heteroatoms. The molecule has 0 bridgehead atoms. The van der Waals surface area contributed by atoms with Crippen LogP contribution in [0, 0.1) is 5.92 Å². The Morgan fingerprint density at radius 3 is 2.35 bits per heavy atom. The summed E-state index contributed by atoms with van der Waals surface area (Å²) in [5.74, 6) is 0.270. The number of hydrogen-bond donors (Lipinski definition) is 1. The van der Waals surface area contributed by atoms with Crippen molar-refractivity contribution in [1.29, 1.82) is 0 Å². The Balaban J connectivity index is 1.53. The zero-order valence-corrected chi connectivity index (χ0v) is 20.1. The highest BCUT2D eigenvalue weighted by Crippen LogP contribution is 2.30. The second-order valence-corrected chi connectivity index (χ2v) is 8.94. The lowest BCUT2D eigenvalue weighted by Gasteiger charge is -2.37. The van der Waals surface area contributed by atoms with Gasteiger partial charge in [0.2, 0.25) is 5.91 Å². The molecule has 2 aromatic rings. The molecule has 1 aliphatic heterocycles. The van der Waals surface area contributed by atoms with E-state index in [1.165, 1.54) is 6.26 Å². The molecule has 1 aromatic carbocycles. The predicted molar refractivity (Wildman–Crippen MR) is 131 cm³/mol. The van der Waals surface area contributed by atoms with Gasteiger partial charge in [-0.1, -0.05) is 12.8 Å². The van der Waals surface area contributed by atoms with Crippen LogP contribution < -0.4 is 10.2 Å². The number of amides is 3. The standard InChI is InChI=1S/C26H34N4O4/c1-3-28(4-2)25(32)21-18-20(27-24(31)19-8-5-6-9-19)11-12-22(21)29-13-15-30(16-14-29)26(33)23-10-7-17-34-23/h7,10-12,17-19H,3-6,8-9,13-16H2,1-2H3,(H,27,31). The van der Waals surface area contributed by atoms with Crippen molar-refractivity contribution in [2.24, 2.45) is 5.92 Å². The van der Waals surface area contributed by atoms with Gasteiger partial charge >= 0.3 is 0 Å². The van der Waals surface area contributed by atoms with E-state index in [9.17, 15) is 14.4 Å². The Bertz CT molecular complexity index is 1000. The summed E-state index contributed by atoms with van der Waals surface area (Å²) in [6.07, 6.45) is 5.54. The van der Waals surface area contributed by atoms with Crippen LogP contribution in [0.4, 0.5) is 11.4 Å². The monoisotopic (exact) mass is 466 g/mol. The van der Waals surface area contributed by atoms with Gasteiger partial charge in [-0.2, -0.15) is 0 Å². The first-order valence-electron chi connectivity index (χ1n) is 12.3. The maximum atomic E-state index is 13.4. The lowest BCUT2D eigenvalue weighted by Crippen LogP contribution is -2.49. The van der Waals surface area contributed by atoms with E-state index in [4.69, 9.17) is 4.42 Å². The molecule has 0 atom stereocenters. The van der Waals surface area contributed by atoms with E-state index in [-0.39, 0.29) is 23.6 Å². The maximum absolute atomic E-state index is 13.4. The van der Waals surface area contributed by atoms with Crippen LogP contribution in [-0.4, -0.2) is 66.8 Å². The van der Waals surface area contributed by atoms with Gasteiger partial charge in [-0.3, -0.25) is 14.4 Å². The summed E-state index contributed by atoms with van der Waals surface area (Å²) in [7, 11) is 0. The lowest BCUT2D eigenvalue weighted by molar-refractivity contribution is -0.119. The van der Waals surface area contributed by atoms with Crippen LogP contribution in [0.5, 0.6) is 0 Å². The Kier molecular flexibility index (Phi) is 7.55. The van der Waals surface area contributed by atoms with E-state index < -0.39 is 0 Å². The minimum atomic E-state index is -0.117. The van der Waals surface area contributed by atoms with Crippen LogP contribution in [0.25, 0.3) is 0 Å². The third-order valence-corrected chi connectivity index (χ3v) is 6.91. The van der Waals surface area contributed by atoms with Gasteiger partial charge in [0.05, 0.1) is 11.8 Å². The molecule has 1 aliphatic carbocycles. The van der Waals surface area contributed by atoms with E-state index in [0.717, 1.165) is 31.4 Å². The Hall–Kier alpha value is -3.29. The molecular formula is C26H34N4O4. The zero-order chi connectivity index (χ0) is 24.1. The third kappa shape index (κ3) is 5.11. The number of nitrogens with one attached hydrogen (secondary N) is 1. The molecule has 1 saturated heterocycles. The van der Waals surface area contributed by atoms with E-state index in [1.807, 2.05) is 32.0 Å². The first-order chi connectivity index (χ1) is 16.5. The summed E-state index contributed by atoms with van der Waals surface area (Å²) in [6, 6.07) is 8.99. The van der Waals surface area contributed by atoms with Crippen LogP contribution in [0.1, 0.15) is 60.4 Å². The van der Waals surface area contributed by atoms with Crippen LogP contribution in [0.15, 0.2) is 41.0 Å². The van der Waals surface area contributed by atoms with Crippen molar-refractivity contribution < 1.29 is 18.8 Å². The maximum Gasteiger partial charge on any atom is 0.289 e. The first-order valence-corrected chi connectivity index (χ1v) is 12.3. The van der Waals surface area contributed by atoms with Crippen LogP contribution in [0.2, 0.25) is 0 Å². The Morgan fingerprint density at radius 2 is 1.74 bits per heavy atom. The number of piperazine rings is 1. The number of hydrogen-bond acceptors (Lipinski definition) is 5. The van der Waals surface area contributed by atoms with Gasteiger partial charge in [0.15, 0.2) is 5.76 Å². The number of benzene rings is 1. The average Bonchev–Trinajstić information content (AvgIpc) is 3.59. The fourth-order valence-electron chi connectivity index (χ4n) is 4.88. The Labute approximate surface area is 200 Å². The van der Waals surface area contributed by atoms with Gasteiger partial charge in [-0.15, -0.1) is 0 Å². The molecule has 0 spiro atoms. The molecule has 182 valence electrons. The van der Waals surface area contributed by atoms with Crippen LogP contribution >= 0.6 is 0 Å². The van der Waals surface area contributed by atoms with Crippen LogP contribution in [0.3, 0.4) is 0 Å². The molecule has 4 rings (SSSR count). The molecule has 34 heavy (non-hydrogen) atoms. The molecule has 1 saturated carbocycles. The molecule has 0 unspecified atom stereocenters. The summed E-state index contributed by atoms with van der Waals surface area (Å²) >= 11 is 0. The average molecular weight is 467 g/mol. The number of anilines is 2. The normalized spacial score (nSPS) is 16.5. The molecule has 0 radical (unpaired) electrons. The lowest BCUT2D eigenvalue weighted by atomic mass is 10.1. The van der Waals surface area contributed by atoms with Crippen molar-refractivity contribution in [3.05, 3.63) is 47.9 Å². The van der Waals surface area contributed by atoms with Crippen molar-refractivity contribution >= 4 is 29.1 Å². The van der Waals surface area contributed by atoms with E-state index >= 15 is 0 Å². The molecule has 2 fully saturated rings. The third-order valence-electron chi connectivity index (χ3n) is 6.91. The van der Waals surface area contributed by atoms with Gasteiger partial charge in [-0.05, 0) is 57.0 Å². The highest BCUT2D eigenvalue weighted by Gasteiger charge is 2.28. The summed E-state index contributed by atoms with van der Waals surface area (Å²) < 4.78 is 5.25.